The van der Waals surface area contributed by atoms with Crippen LogP contribution in [0.15, 0.2) is 77.7 Å². The van der Waals surface area contributed by atoms with Gasteiger partial charge in [-0.05, 0) is 79.3 Å². The second kappa shape index (κ2) is 13.3. The van der Waals surface area contributed by atoms with Crippen LogP contribution in [0.2, 0.25) is 0 Å². The Hall–Kier alpha value is -3.11. The normalized spacial score (nSPS) is 11.2. The average molecular weight is 535 g/mol. The molecule has 0 unspecified atom stereocenters. The fourth-order valence-corrected chi connectivity index (χ4v) is 5.68. The Morgan fingerprint density at radius 3 is 2.36 bits per heavy atom. The van der Waals surface area contributed by atoms with Crippen LogP contribution in [-0.2, 0) is 20.6 Å². The Morgan fingerprint density at radius 1 is 1.00 bits per heavy atom. The molecule has 0 saturated heterocycles. The SMILES string of the molecule is CCOc1ccc(N(CC(=O)NCCCSCc2ccccc2F)S(=O)(=O)c2ccc(F)cc2)cc1. The lowest BCUT2D eigenvalue weighted by Gasteiger charge is -2.24. The Labute approximate surface area is 214 Å². The summed E-state index contributed by atoms with van der Waals surface area (Å²) >= 11 is 1.55. The molecule has 0 saturated carbocycles. The van der Waals surface area contributed by atoms with Crippen molar-refractivity contribution in [1.29, 1.82) is 0 Å². The van der Waals surface area contributed by atoms with Crippen LogP contribution in [0.25, 0.3) is 0 Å². The van der Waals surface area contributed by atoms with E-state index in [0.29, 0.717) is 42.4 Å². The van der Waals surface area contributed by atoms with Crippen molar-refractivity contribution in [3.63, 3.8) is 0 Å². The fourth-order valence-electron chi connectivity index (χ4n) is 3.31. The van der Waals surface area contributed by atoms with Gasteiger partial charge in [-0.3, -0.25) is 9.10 Å². The molecule has 0 aliphatic heterocycles. The first kappa shape index (κ1) is 27.5. The second-order valence-corrected chi connectivity index (χ2v) is 10.7. The predicted molar refractivity (Wildman–Crippen MR) is 139 cm³/mol. The van der Waals surface area contributed by atoms with Gasteiger partial charge in [0.1, 0.15) is 23.9 Å². The Morgan fingerprint density at radius 2 is 1.69 bits per heavy atom. The van der Waals surface area contributed by atoms with Gasteiger partial charge in [0.25, 0.3) is 10.0 Å². The molecule has 3 aromatic rings. The third-order valence-corrected chi connectivity index (χ3v) is 8.01. The number of amides is 1. The van der Waals surface area contributed by atoms with Crippen LogP contribution in [-0.4, -0.2) is 39.8 Å². The number of benzene rings is 3. The number of carbonyl (C=O) groups is 1. The van der Waals surface area contributed by atoms with Crippen LogP contribution in [0.5, 0.6) is 5.75 Å². The molecule has 3 rings (SSSR count). The van der Waals surface area contributed by atoms with Gasteiger partial charge in [-0.25, -0.2) is 17.2 Å². The minimum Gasteiger partial charge on any atom is -0.494 e. The van der Waals surface area contributed by atoms with E-state index in [4.69, 9.17) is 4.74 Å². The van der Waals surface area contributed by atoms with Crippen LogP contribution in [0.4, 0.5) is 14.5 Å². The number of hydrogen-bond acceptors (Lipinski definition) is 5. The highest BCUT2D eigenvalue weighted by Crippen LogP contribution is 2.26. The van der Waals surface area contributed by atoms with Crippen molar-refractivity contribution in [3.8, 4) is 5.75 Å². The first-order chi connectivity index (χ1) is 17.3. The zero-order valence-corrected chi connectivity index (χ0v) is 21.5. The first-order valence-corrected chi connectivity index (χ1v) is 14.0. The maximum atomic E-state index is 13.7. The molecule has 0 radical (unpaired) electrons. The minimum absolute atomic E-state index is 0.130. The van der Waals surface area contributed by atoms with E-state index in [-0.39, 0.29) is 16.4 Å². The molecule has 192 valence electrons. The average Bonchev–Trinajstić information content (AvgIpc) is 2.86. The maximum absolute atomic E-state index is 13.7. The van der Waals surface area contributed by atoms with Gasteiger partial charge in [0.05, 0.1) is 17.2 Å². The molecule has 1 amide bonds. The second-order valence-electron chi connectivity index (χ2n) is 7.74. The summed E-state index contributed by atoms with van der Waals surface area (Å²) in [5.74, 6) is 0.515. The summed E-state index contributed by atoms with van der Waals surface area (Å²) < 4.78 is 60.1. The predicted octanol–water partition coefficient (Wildman–Crippen LogP) is 5.00. The van der Waals surface area contributed by atoms with Gasteiger partial charge in [-0.15, -0.1) is 0 Å². The standard InChI is InChI=1S/C26H28F2N2O4S2/c1-2-34-23-12-10-22(11-13-23)30(36(32,33)24-14-8-21(27)9-15-24)18-26(31)29-16-5-17-35-19-20-6-3-4-7-25(20)28/h3-4,6-15H,2,5,16-19H2,1H3,(H,29,31). The Kier molecular flexibility index (Phi) is 10.1. The minimum atomic E-state index is -4.14. The summed E-state index contributed by atoms with van der Waals surface area (Å²) in [4.78, 5) is 12.5. The summed E-state index contributed by atoms with van der Waals surface area (Å²) in [7, 11) is -4.14. The van der Waals surface area contributed by atoms with Gasteiger partial charge in [-0.2, -0.15) is 11.8 Å². The number of halogens is 2. The zero-order chi connectivity index (χ0) is 26.0. The van der Waals surface area contributed by atoms with E-state index in [1.807, 2.05) is 6.92 Å². The summed E-state index contributed by atoms with van der Waals surface area (Å²) in [6.07, 6.45) is 0.638. The van der Waals surface area contributed by atoms with Crippen molar-refractivity contribution in [2.75, 3.05) is 29.8 Å². The highest BCUT2D eigenvalue weighted by Gasteiger charge is 2.27. The smallest absolute Gasteiger partial charge is 0.264 e. The van der Waals surface area contributed by atoms with Gasteiger partial charge in [0, 0.05) is 12.3 Å². The number of carbonyl (C=O) groups excluding carboxylic acids is 1. The van der Waals surface area contributed by atoms with Gasteiger partial charge < -0.3 is 10.1 Å². The highest BCUT2D eigenvalue weighted by atomic mass is 32.2. The van der Waals surface area contributed by atoms with Crippen molar-refractivity contribution in [2.24, 2.45) is 0 Å². The number of nitrogens with one attached hydrogen (secondary N) is 1. The van der Waals surface area contributed by atoms with Gasteiger partial charge in [0.2, 0.25) is 5.91 Å². The molecule has 0 aliphatic carbocycles. The molecule has 0 aromatic heterocycles. The van der Waals surface area contributed by atoms with E-state index in [1.165, 1.54) is 6.07 Å². The Bertz CT molecular complexity index is 1240. The zero-order valence-electron chi connectivity index (χ0n) is 19.8. The maximum Gasteiger partial charge on any atom is 0.264 e. The lowest BCUT2D eigenvalue weighted by atomic mass is 10.2. The molecule has 1 N–H and O–H groups in total. The number of anilines is 1. The van der Waals surface area contributed by atoms with E-state index in [9.17, 15) is 22.0 Å². The molecule has 0 atom stereocenters. The fraction of sp³-hybridized carbons (Fsp3) is 0.269. The van der Waals surface area contributed by atoms with Crippen LogP contribution in [0, 0.1) is 11.6 Å². The molecule has 0 aliphatic rings. The van der Waals surface area contributed by atoms with Gasteiger partial charge in [-0.1, -0.05) is 18.2 Å². The number of thioether (sulfide) groups is 1. The lowest BCUT2D eigenvalue weighted by molar-refractivity contribution is -0.119. The molecular weight excluding hydrogens is 506 g/mol. The summed E-state index contributed by atoms with van der Waals surface area (Å²) in [6, 6.07) is 17.4. The van der Waals surface area contributed by atoms with Crippen LogP contribution in [0.3, 0.4) is 0 Å². The number of rotatable bonds is 13. The molecule has 3 aromatic carbocycles. The molecule has 0 spiro atoms. The monoisotopic (exact) mass is 534 g/mol. The number of sulfonamides is 1. The number of ether oxygens (including phenoxy) is 1. The molecule has 36 heavy (non-hydrogen) atoms. The van der Waals surface area contributed by atoms with Gasteiger partial charge in [0.15, 0.2) is 0 Å². The quantitative estimate of drug-likeness (QED) is 0.313. The van der Waals surface area contributed by atoms with Crippen molar-refractivity contribution in [1.82, 2.24) is 5.32 Å². The number of hydrogen-bond donors (Lipinski definition) is 1. The van der Waals surface area contributed by atoms with Crippen molar-refractivity contribution in [2.45, 2.75) is 24.0 Å². The van der Waals surface area contributed by atoms with E-state index in [0.717, 1.165) is 28.6 Å². The van der Waals surface area contributed by atoms with Gasteiger partial charge >= 0.3 is 0 Å². The molecule has 10 heteroatoms. The topological polar surface area (TPSA) is 75.7 Å². The molecule has 0 heterocycles. The molecule has 0 fully saturated rings. The van der Waals surface area contributed by atoms with E-state index < -0.39 is 28.3 Å². The Balaban J connectivity index is 1.61. The van der Waals surface area contributed by atoms with Crippen LogP contribution < -0.4 is 14.4 Å². The van der Waals surface area contributed by atoms with E-state index in [2.05, 4.69) is 5.32 Å². The summed E-state index contributed by atoms with van der Waals surface area (Å²) in [5.41, 5.74) is 0.905. The summed E-state index contributed by atoms with van der Waals surface area (Å²) in [6.45, 7) is 2.19. The van der Waals surface area contributed by atoms with Crippen molar-refractivity contribution < 1.29 is 26.7 Å². The van der Waals surface area contributed by atoms with Crippen LogP contribution >= 0.6 is 11.8 Å². The molecule has 0 bridgehead atoms. The first-order valence-electron chi connectivity index (χ1n) is 11.4. The van der Waals surface area contributed by atoms with Crippen molar-refractivity contribution in [3.05, 3.63) is 90.0 Å². The highest BCUT2D eigenvalue weighted by molar-refractivity contribution is 7.98. The third kappa shape index (κ3) is 7.69. The van der Waals surface area contributed by atoms with E-state index >= 15 is 0 Å². The molecule has 6 nitrogen and oxygen atoms in total. The van der Waals surface area contributed by atoms with Crippen LogP contribution in [0.1, 0.15) is 18.9 Å². The lowest BCUT2D eigenvalue weighted by Crippen LogP contribution is -2.41. The van der Waals surface area contributed by atoms with E-state index in [1.54, 1.807) is 54.2 Å². The van der Waals surface area contributed by atoms with Crippen molar-refractivity contribution >= 4 is 33.4 Å². The largest absolute Gasteiger partial charge is 0.494 e. The number of nitrogens with zero attached hydrogens (tertiary/aromatic N) is 1. The third-order valence-electron chi connectivity index (χ3n) is 5.13. The molecular formula is C26H28F2N2O4S2. The summed E-state index contributed by atoms with van der Waals surface area (Å²) in [5, 5.41) is 2.74.